The van der Waals surface area contributed by atoms with E-state index in [1.807, 2.05) is 11.9 Å². The molecule has 6 heteroatoms. The molecule has 0 bridgehead atoms. The second kappa shape index (κ2) is 7.59. The maximum Gasteiger partial charge on any atom is 0.232 e. The van der Waals surface area contributed by atoms with Crippen LogP contribution < -0.4 is 0 Å². The van der Waals surface area contributed by atoms with E-state index in [4.69, 9.17) is 0 Å². The summed E-state index contributed by atoms with van der Waals surface area (Å²) in [5.74, 6) is 1.05. The molecule has 0 unspecified atom stereocenters. The summed E-state index contributed by atoms with van der Waals surface area (Å²) in [7, 11) is 1.89. The molecule has 1 aliphatic rings. The molecule has 0 radical (unpaired) electrons. The number of nitrogens with zero attached hydrogens (tertiary/aromatic N) is 4. The Morgan fingerprint density at radius 1 is 1.32 bits per heavy atom. The van der Waals surface area contributed by atoms with E-state index in [9.17, 15) is 10.1 Å². The van der Waals surface area contributed by atoms with Crippen LogP contribution in [0.2, 0.25) is 0 Å². The Labute approximate surface area is 136 Å². The second-order valence-corrected chi connectivity index (χ2v) is 6.70. The Morgan fingerprint density at radius 2 is 2.00 bits per heavy atom. The van der Waals surface area contributed by atoms with Crippen LogP contribution in [0.15, 0.2) is 5.03 Å². The Hall–Kier alpha value is -1.61. The number of aromatic nitrogens is 2. The number of carbonyl (C=O) groups is 1. The first kappa shape index (κ1) is 16.8. The SMILES string of the molecule is Cc1nc(C)c(C#N)c(SCC(=O)N(C)C2CCCCC2)n1. The van der Waals surface area contributed by atoms with Crippen molar-refractivity contribution in [3.8, 4) is 6.07 Å². The van der Waals surface area contributed by atoms with Crippen LogP contribution in [0.4, 0.5) is 0 Å². The molecule has 1 heterocycles. The molecule has 1 aromatic heterocycles. The number of aryl methyl sites for hydroxylation is 2. The van der Waals surface area contributed by atoms with Gasteiger partial charge < -0.3 is 4.90 Å². The molecule has 5 nitrogen and oxygen atoms in total. The number of hydrogen-bond donors (Lipinski definition) is 0. The third-order valence-electron chi connectivity index (χ3n) is 4.13. The quantitative estimate of drug-likeness (QED) is 0.630. The van der Waals surface area contributed by atoms with Crippen molar-refractivity contribution < 1.29 is 4.79 Å². The molecule has 0 N–H and O–H groups in total. The largest absolute Gasteiger partial charge is 0.342 e. The van der Waals surface area contributed by atoms with Crippen molar-refractivity contribution in [3.05, 3.63) is 17.1 Å². The summed E-state index contributed by atoms with van der Waals surface area (Å²) >= 11 is 1.34. The van der Waals surface area contributed by atoms with Gasteiger partial charge in [0.15, 0.2) is 0 Å². The van der Waals surface area contributed by atoms with Crippen molar-refractivity contribution in [2.24, 2.45) is 0 Å². The fraction of sp³-hybridized carbons (Fsp3) is 0.625. The molecule has 2 rings (SSSR count). The van der Waals surface area contributed by atoms with E-state index in [0.717, 1.165) is 12.8 Å². The maximum absolute atomic E-state index is 12.4. The summed E-state index contributed by atoms with van der Waals surface area (Å²) in [5, 5.41) is 9.84. The standard InChI is InChI=1S/C16H22N4OS/c1-11-14(9-17)16(19-12(2)18-11)22-10-15(21)20(3)13-7-5-4-6-8-13/h13H,4-8,10H2,1-3H3. The summed E-state index contributed by atoms with van der Waals surface area (Å²) in [4.78, 5) is 22.7. The number of amides is 1. The van der Waals surface area contributed by atoms with Crippen LogP contribution in [0.5, 0.6) is 0 Å². The highest BCUT2D eigenvalue weighted by molar-refractivity contribution is 8.00. The van der Waals surface area contributed by atoms with Gasteiger partial charge in [-0.05, 0) is 26.7 Å². The molecular weight excluding hydrogens is 296 g/mol. The second-order valence-electron chi connectivity index (χ2n) is 5.73. The van der Waals surface area contributed by atoms with Gasteiger partial charge in [-0.2, -0.15) is 5.26 Å². The zero-order valence-corrected chi connectivity index (χ0v) is 14.2. The highest BCUT2D eigenvalue weighted by Crippen LogP contribution is 2.25. The first-order valence-electron chi connectivity index (χ1n) is 7.66. The van der Waals surface area contributed by atoms with Gasteiger partial charge in [0.2, 0.25) is 5.91 Å². The number of carbonyl (C=O) groups excluding carboxylic acids is 1. The van der Waals surface area contributed by atoms with E-state index < -0.39 is 0 Å². The van der Waals surface area contributed by atoms with Crippen LogP contribution in [0.3, 0.4) is 0 Å². The normalized spacial score (nSPS) is 15.4. The molecule has 0 aromatic carbocycles. The van der Waals surface area contributed by atoms with Crippen LogP contribution in [0.1, 0.15) is 49.2 Å². The van der Waals surface area contributed by atoms with Crippen molar-refractivity contribution in [2.45, 2.75) is 57.0 Å². The number of thioether (sulfide) groups is 1. The monoisotopic (exact) mass is 318 g/mol. The number of rotatable bonds is 4. The number of nitriles is 1. The lowest BCUT2D eigenvalue weighted by Crippen LogP contribution is -2.39. The fourth-order valence-electron chi connectivity index (χ4n) is 2.82. The lowest BCUT2D eigenvalue weighted by molar-refractivity contribution is -0.129. The fourth-order valence-corrected chi connectivity index (χ4v) is 3.82. The Kier molecular flexibility index (Phi) is 5.78. The van der Waals surface area contributed by atoms with Crippen molar-refractivity contribution in [1.82, 2.24) is 14.9 Å². The van der Waals surface area contributed by atoms with Gasteiger partial charge in [-0.1, -0.05) is 31.0 Å². The van der Waals surface area contributed by atoms with Crippen molar-refractivity contribution >= 4 is 17.7 Å². The van der Waals surface area contributed by atoms with Crippen molar-refractivity contribution in [2.75, 3.05) is 12.8 Å². The van der Waals surface area contributed by atoms with Gasteiger partial charge >= 0.3 is 0 Å². The van der Waals surface area contributed by atoms with Crippen LogP contribution >= 0.6 is 11.8 Å². The van der Waals surface area contributed by atoms with E-state index in [1.165, 1.54) is 31.0 Å². The average molecular weight is 318 g/mol. The summed E-state index contributed by atoms with van der Waals surface area (Å²) < 4.78 is 0. The van der Waals surface area contributed by atoms with E-state index in [0.29, 0.717) is 33.9 Å². The van der Waals surface area contributed by atoms with Gasteiger partial charge in [0.05, 0.1) is 11.4 Å². The van der Waals surface area contributed by atoms with Gasteiger partial charge in [-0.25, -0.2) is 9.97 Å². The molecule has 0 spiro atoms. The lowest BCUT2D eigenvalue weighted by Gasteiger charge is -2.31. The van der Waals surface area contributed by atoms with E-state index in [2.05, 4.69) is 16.0 Å². The molecule has 1 aliphatic carbocycles. The summed E-state index contributed by atoms with van der Waals surface area (Å²) in [6.07, 6.45) is 5.89. The van der Waals surface area contributed by atoms with Crippen LogP contribution in [0, 0.1) is 25.2 Å². The minimum Gasteiger partial charge on any atom is -0.342 e. The summed E-state index contributed by atoms with van der Waals surface area (Å²) in [6.45, 7) is 3.60. The summed E-state index contributed by atoms with van der Waals surface area (Å²) in [6, 6.07) is 2.50. The van der Waals surface area contributed by atoms with Crippen LogP contribution in [-0.4, -0.2) is 39.6 Å². The Balaban J connectivity index is 2.00. The molecule has 1 saturated carbocycles. The van der Waals surface area contributed by atoms with Gasteiger partial charge in [0, 0.05) is 13.1 Å². The third kappa shape index (κ3) is 3.98. The van der Waals surface area contributed by atoms with E-state index in [-0.39, 0.29) is 5.91 Å². The molecule has 0 aliphatic heterocycles. The molecule has 1 fully saturated rings. The highest BCUT2D eigenvalue weighted by Gasteiger charge is 2.22. The molecule has 0 saturated heterocycles. The smallest absolute Gasteiger partial charge is 0.232 e. The van der Waals surface area contributed by atoms with Crippen LogP contribution in [0.25, 0.3) is 0 Å². The summed E-state index contributed by atoms with van der Waals surface area (Å²) in [5.41, 5.74) is 1.15. The molecular formula is C16H22N4OS. The van der Waals surface area contributed by atoms with Crippen LogP contribution in [-0.2, 0) is 4.79 Å². The third-order valence-corrected chi connectivity index (χ3v) is 5.09. The van der Waals surface area contributed by atoms with Gasteiger partial charge in [-0.15, -0.1) is 0 Å². The lowest BCUT2D eigenvalue weighted by atomic mass is 9.94. The van der Waals surface area contributed by atoms with Gasteiger partial charge in [0.25, 0.3) is 0 Å². The topological polar surface area (TPSA) is 69.9 Å². The maximum atomic E-state index is 12.4. The van der Waals surface area contributed by atoms with E-state index in [1.54, 1.807) is 13.8 Å². The first-order valence-corrected chi connectivity index (χ1v) is 8.65. The molecule has 118 valence electrons. The Morgan fingerprint density at radius 3 is 2.64 bits per heavy atom. The van der Waals surface area contributed by atoms with Gasteiger partial charge in [0.1, 0.15) is 22.5 Å². The zero-order valence-electron chi connectivity index (χ0n) is 13.4. The first-order chi connectivity index (χ1) is 10.5. The van der Waals surface area contributed by atoms with E-state index >= 15 is 0 Å². The average Bonchev–Trinajstić information content (AvgIpc) is 2.52. The predicted octanol–water partition coefficient (Wildman–Crippen LogP) is 2.85. The van der Waals surface area contributed by atoms with Crippen molar-refractivity contribution in [1.29, 1.82) is 5.26 Å². The Bertz CT molecular complexity index is 591. The molecule has 22 heavy (non-hydrogen) atoms. The number of hydrogen-bond acceptors (Lipinski definition) is 5. The predicted molar refractivity (Wildman–Crippen MR) is 86.6 cm³/mol. The molecule has 1 amide bonds. The molecule has 0 atom stereocenters. The molecule has 1 aromatic rings. The van der Waals surface area contributed by atoms with Gasteiger partial charge in [-0.3, -0.25) is 4.79 Å². The highest BCUT2D eigenvalue weighted by atomic mass is 32.2. The minimum absolute atomic E-state index is 0.106. The zero-order chi connectivity index (χ0) is 16.1. The minimum atomic E-state index is 0.106. The van der Waals surface area contributed by atoms with Crippen molar-refractivity contribution in [3.63, 3.8) is 0 Å².